The predicted molar refractivity (Wildman–Crippen MR) is 70.6 cm³/mol. The highest BCUT2D eigenvalue weighted by Gasteiger charge is 2.05. The fourth-order valence-electron chi connectivity index (χ4n) is 1.53. The van der Waals surface area contributed by atoms with Crippen LogP contribution in [0.5, 0.6) is 0 Å². The molecule has 0 heterocycles. The monoisotopic (exact) mass is 198 g/mol. The van der Waals surface area contributed by atoms with E-state index in [1.165, 1.54) is 11.1 Å². The third-order valence-corrected chi connectivity index (χ3v) is 2.43. The second-order valence-corrected chi connectivity index (χ2v) is 4.10. The molecule has 0 bridgehead atoms. The van der Waals surface area contributed by atoms with E-state index >= 15 is 0 Å². The summed E-state index contributed by atoms with van der Waals surface area (Å²) in [4.78, 5) is 0. The van der Waals surface area contributed by atoms with Crippen molar-refractivity contribution in [2.45, 2.75) is 20.8 Å². The molecule has 0 radical (unpaired) electrons. The summed E-state index contributed by atoms with van der Waals surface area (Å²) in [6.07, 6.45) is 0. The minimum Gasteiger partial charge on any atom is -0.0955 e. The number of allylic oxidation sites excluding steroid dienone is 3. The van der Waals surface area contributed by atoms with Gasteiger partial charge in [0, 0.05) is 0 Å². The van der Waals surface area contributed by atoms with Crippen LogP contribution in [0.3, 0.4) is 0 Å². The lowest BCUT2D eigenvalue weighted by molar-refractivity contribution is 1.46. The van der Waals surface area contributed by atoms with Gasteiger partial charge in [-0.25, -0.2) is 0 Å². The maximum Gasteiger partial charge on any atom is -0.0152 e. The predicted octanol–water partition coefficient (Wildman–Crippen LogP) is 4.79. The van der Waals surface area contributed by atoms with Gasteiger partial charge in [0.25, 0.3) is 0 Å². The summed E-state index contributed by atoms with van der Waals surface area (Å²) in [5, 5.41) is 0. The molecule has 0 saturated heterocycles. The second kappa shape index (κ2) is 4.31. The van der Waals surface area contributed by atoms with Crippen molar-refractivity contribution in [2.75, 3.05) is 0 Å². The topological polar surface area (TPSA) is 0 Å². The Morgan fingerprint density at radius 2 is 1.33 bits per heavy atom. The van der Waals surface area contributed by atoms with Crippen molar-refractivity contribution in [3.05, 3.63) is 54.6 Å². The molecule has 0 amide bonds. The maximum absolute atomic E-state index is 4.00. The van der Waals surface area contributed by atoms with Crippen molar-refractivity contribution < 1.29 is 0 Å². The highest BCUT2D eigenvalue weighted by Crippen LogP contribution is 2.26. The standard InChI is InChI=1S/C15H18/c1-10(2)13-7-8-14(11(3)4)15(9-13)12(5)6/h7-9H,1,3,5H2,2,4,6H3. The molecule has 0 spiro atoms. The van der Waals surface area contributed by atoms with Gasteiger partial charge in [-0.1, -0.05) is 48.6 Å². The minimum atomic E-state index is 1.07. The first-order chi connectivity index (χ1) is 6.93. The summed E-state index contributed by atoms with van der Waals surface area (Å²) < 4.78 is 0. The van der Waals surface area contributed by atoms with Crippen LogP contribution in [0, 0.1) is 0 Å². The van der Waals surface area contributed by atoms with E-state index in [1.807, 2.05) is 20.8 Å². The van der Waals surface area contributed by atoms with Gasteiger partial charge in [-0.3, -0.25) is 0 Å². The molecule has 0 aromatic heterocycles. The van der Waals surface area contributed by atoms with E-state index in [1.54, 1.807) is 0 Å². The molecule has 0 atom stereocenters. The first kappa shape index (κ1) is 11.5. The Morgan fingerprint density at radius 1 is 0.800 bits per heavy atom. The fraction of sp³-hybridized carbons (Fsp3) is 0.200. The van der Waals surface area contributed by atoms with Gasteiger partial charge in [-0.15, -0.1) is 0 Å². The zero-order valence-electron chi connectivity index (χ0n) is 9.85. The largest absolute Gasteiger partial charge is 0.0955 e. The first-order valence-corrected chi connectivity index (χ1v) is 5.05. The van der Waals surface area contributed by atoms with Gasteiger partial charge in [0.05, 0.1) is 0 Å². The molecule has 0 unspecified atom stereocenters. The van der Waals surface area contributed by atoms with Gasteiger partial charge in [0.2, 0.25) is 0 Å². The molecule has 1 aromatic rings. The molecule has 0 aliphatic rings. The van der Waals surface area contributed by atoms with Crippen molar-refractivity contribution in [3.63, 3.8) is 0 Å². The first-order valence-electron chi connectivity index (χ1n) is 5.05. The van der Waals surface area contributed by atoms with Gasteiger partial charge >= 0.3 is 0 Å². The van der Waals surface area contributed by atoms with Crippen LogP contribution in [-0.4, -0.2) is 0 Å². The van der Waals surface area contributed by atoms with Gasteiger partial charge < -0.3 is 0 Å². The average Bonchev–Trinajstić information content (AvgIpc) is 2.16. The highest BCUT2D eigenvalue weighted by molar-refractivity contribution is 5.79. The fourth-order valence-corrected chi connectivity index (χ4v) is 1.53. The van der Waals surface area contributed by atoms with Crippen LogP contribution in [0.1, 0.15) is 37.5 Å². The van der Waals surface area contributed by atoms with Gasteiger partial charge in [-0.05, 0) is 43.5 Å². The molecule has 0 N–H and O–H groups in total. The molecule has 15 heavy (non-hydrogen) atoms. The lowest BCUT2D eigenvalue weighted by Crippen LogP contribution is -1.90. The molecule has 0 aliphatic heterocycles. The van der Waals surface area contributed by atoms with E-state index < -0.39 is 0 Å². The van der Waals surface area contributed by atoms with Crippen LogP contribution in [-0.2, 0) is 0 Å². The Labute approximate surface area is 92.6 Å². The van der Waals surface area contributed by atoms with Gasteiger partial charge in [0.1, 0.15) is 0 Å². The third-order valence-electron chi connectivity index (χ3n) is 2.43. The molecule has 0 nitrogen and oxygen atoms in total. The van der Waals surface area contributed by atoms with Crippen molar-refractivity contribution in [2.24, 2.45) is 0 Å². The number of benzene rings is 1. The Hall–Kier alpha value is -1.56. The zero-order valence-corrected chi connectivity index (χ0v) is 9.85. The van der Waals surface area contributed by atoms with Crippen molar-refractivity contribution >= 4 is 16.7 Å². The summed E-state index contributed by atoms with van der Waals surface area (Å²) in [5.74, 6) is 0. The van der Waals surface area contributed by atoms with Crippen molar-refractivity contribution in [3.8, 4) is 0 Å². The number of hydrogen-bond acceptors (Lipinski definition) is 0. The molecular formula is C15H18. The van der Waals surface area contributed by atoms with Crippen LogP contribution in [0.15, 0.2) is 37.9 Å². The van der Waals surface area contributed by atoms with E-state index in [0.29, 0.717) is 0 Å². The summed E-state index contributed by atoms with van der Waals surface area (Å²) in [6.45, 7) is 18.0. The molecule has 0 fully saturated rings. The molecule has 78 valence electrons. The third kappa shape index (κ3) is 2.47. The number of rotatable bonds is 3. The Balaban J connectivity index is 3.40. The minimum absolute atomic E-state index is 1.07. The van der Waals surface area contributed by atoms with E-state index in [0.717, 1.165) is 22.3 Å². The van der Waals surface area contributed by atoms with Gasteiger partial charge in [0.15, 0.2) is 0 Å². The normalized spacial score (nSPS) is 9.80. The smallest absolute Gasteiger partial charge is 0.0152 e. The second-order valence-electron chi connectivity index (χ2n) is 4.10. The zero-order chi connectivity index (χ0) is 11.6. The number of hydrogen-bond donors (Lipinski definition) is 0. The van der Waals surface area contributed by atoms with Crippen LogP contribution in [0.25, 0.3) is 16.7 Å². The molecule has 0 heteroatoms. The lowest BCUT2D eigenvalue weighted by Gasteiger charge is -2.11. The van der Waals surface area contributed by atoms with Crippen LogP contribution in [0.4, 0.5) is 0 Å². The van der Waals surface area contributed by atoms with Crippen LogP contribution in [0.2, 0.25) is 0 Å². The van der Waals surface area contributed by atoms with Crippen LogP contribution >= 0.6 is 0 Å². The van der Waals surface area contributed by atoms with E-state index in [9.17, 15) is 0 Å². The Kier molecular flexibility index (Phi) is 3.31. The van der Waals surface area contributed by atoms with Crippen molar-refractivity contribution in [1.29, 1.82) is 0 Å². The summed E-state index contributed by atoms with van der Waals surface area (Å²) in [7, 11) is 0. The van der Waals surface area contributed by atoms with E-state index in [4.69, 9.17) is 0 Å². The maximum atomic E-state index is 4.00. The van der Waals surface area contributed by atoms with Gasteiger partial charge in [-0.2, -0.15) is 0 Å². The molecule has 1 rings (SSSR count). The highest BCUT2D eigenvalue weighted by atomic mass is 14.1. The SMILES string of the molecule is C=C(C)c1ccc(C(=C)C)c(C(=C)C)c1. The summed E-state index contributed by atoms with van der Waals surface area (Å²) >= 11 is 0. The molecular weight excluding hydrogens is 180 g/mol. The lowest BCUT2D eigenvalue weighted by atomic mass is 9.93. The Morgan fingerprint density at radius 3 is 1.73 bits per heavy atom. The van der Waals surface area contributed by atoms with E-state index in [2.05, 4.69) is 37.9 Å². The molecule has 1 aromatic carbocycles. The summed E-state index contributed by atoms with van der Waals surface area (Å²) in [5.41, 5.74) is 6.72. The Bertz CT molecular complexity index is 433. The van der Waals surface area contributed by atoms with E-state index in [-0.39, 0.29) is 0 Å². The average molecular weight is 198 g/mol. The van der Waals surface area contributed by atoms with Crippen molar-refractivity contribution in [1.82, 2.24) is 0 Å². The molecule has 0 saturated carbocycles. The summed E-state index contributed by atoms with van der Waals surface area (Å²) in [6, 6.07) is 6.31. The quantitative estimate of drug-likeness (QED) is 0.655. The van der Waals surface area contributed by atoms with Crippen LogP contribution < -0.4 is 0 Å². The molecule has 0 aliphatic carbocycles.